The van der Waals surface area contributed by atoms with Gasteiger partial charge in [-0.3, -0.25) is 0 Å². The van der Waals surface area contributed by atoms with Gasteiger partial charge in [-0.1, -0.05) is 54.6 Å². The van der Waals surface area contributed by atoms with E-state index < -0.39 is 15.8 Å². The normalized spacial score (nSPS) is 22.1. The highest BCUT2D eigenvalue weighted by molar-refractivity contribution is 7.87. The lowest BCUT2D eigenvalue weighted by Gasteiger charge is -2.26. The molecule has 1 aliphatic carbocycles. The Balaban J connectivity index is 1.90. The third kappa shape index (κ3) is 2.70. The van der Waals surface area contributed by atoms with Crippen molar-refractivity contribution in [1.29, 1.82) is 0 Å². The van der Waals surface area contributed by atoms with Gasteiger partial charge in [-0.05, 0) is 23.1 Å². The number of rotatable bonds is 4. The molecule has 0 saturated carbocycles. The van der Waals surface area contributed by atoms with Gasteiger partial charge in [0.15, 0.2) is 0 Å². The molecule has 0 amide bonds. The number of nitrogens with zero attached hydrogens (tertiary/aromatic N) is 3. The summed E-state index contributed by atoms with van der Waals surface area (Å²) in [6.07, 6.45) is 3.03. The number of aromatic nitrogens is 2. The maximum Gasteiger partial charge on any atom is 0.308 e. The minimum absolute atomic E-state index is 0.0298. The molecule has 1 heterocycles. The van der Waals surface area contributed by atoms with Crippen LogP contribution in [0.15, 0.2) is 67.1 Å². The Kier molecular flexibility index (Phi) is 4.18. The second-order valence-corrected chi connectivity index (χ2v) is 9.00. The van der Waals surface area contributed by atoms with Gasteiger partial charge in [0.2, 0.25) is 0 Å². The molecule has 2 unspecified atom stereocenters. The second-order valence-electron chi connectivity index (χ2n) is 6.98. The van der Waals surface area contributed by atoms with Crippen LogP contribution in [0.2, 0.25) is 0 Å². The fraction of sp³-hybridized carbons (Fsp3) is 0.250. The summed E-state index contributed by atoms with van der Waals surface area (Å²) < 4.78 is 27.6. The number of aliphatic hydroxyl groups is 1. The predicted octanol–water partition coefficient (Wildman–Crippen LogP) is 2.31. The Morgan fingerprint density at radius 3 is 2.48 bits per heavy atom. The van der Waals surface area contributed by atoms with E-state index in [2.05, 4.69) is 4.98 Å². The summed E-state index contributed by atoms with van der Waals surface area (Å²) in [5, 5.41) is 11.7. The summed E-state index contributed by atoms with van der Waals surface area (Å²) in [5.41, 5.74) is 1.61. The Morgan fingerprint density at radius 1 is 1.11 bits per heavy atom. The van der Waals surface area contributed by atoms with E-state index in [1.165, 1.54) is 26.6 Å². The zero-order valence-electron chi connectivity index (χ0n) is 15.1. The number of imidazole rings is 1. The molecule has 1 N–H and O–H groups in total. The lowest BCUT2D eigenvalue weighted by molar-refractivity contribution is 0.0740. The van der Waals surface area contributed by atoms with E-state index in [1.807, 2.05) is 54.6 Å². The molecular formula is C20H21N3O3S. The van der Waals surface area contributed by atoms with E-state index in [0.717, 1.165) is 25.0 Å². The third-order valence-corrected chi connectivity index (χ3v) is 6.93. The molecule has 1 aliphatic rings. The van der Waals surface area contributed by atoms with Crippen LogP contribution in [0.1, 0.15) is 34.7 Å². The van der Waals surface area contributed by atoms with Crippen molar-refractivity contribution in [3.63, 3.8) is 0 Å². The molecule has 0 aliphatic heterocycles. The van der Waals surface area contributed by atoms with Gasteiger partial charge in [0.25, 0.3) is 0 Å². The summed E-state index contributed by atoms with van der Waals surface area (Å²) in [6.45, 7) is 0. The lowest BCUT2D eigenvalue weighted by Crippen LogP contribution is -2.35. The van der Waals surface area contributed by atoms with Crippen molar-refractivity contribution >= 4 is 10.2 Å². The van der Waals surface area contributed by atoms with Gasteiger partial charge in [0.1, 0.15) is 11.9 Å². The van der Waals surface area contributed by atoms with Crippen molar-refractivity contribution in [2.24, 2.45) is 0 Å². The smallest absolute Gasteiger partial charge is 0.308 e. The molecule has 0 bridgehead atoms. The Morgan fingerprint density at radius 2 is 1.78 bits per heavy atom. The topological polar surface area (TPSA) is 75.4 Å². The maximum atomic E-state index is 12.7. The monoisotopic (exact) mass is 383 g/mol. The number of hydrogen-bond acceptors (Lipinski definition) is 4. The van der Waals surface area contributed by atoms with E-state index in [0.29, 0.717) is 6.42 Å². The summed E-state index contributed by atoms with van der Waals surface area (Å²) >= 11 is 0. The molecule has 2 aromatic carbocycles. The maximum absolute atomic E-state index is 12.7. The first-order chi connectivity index (χ1) is 12.9. The first kappa shape index (κ1) is 17.9. The van der Waals surface area contributed by atoms with Crippen LogP contribution in [-0.2, 0) is 15.8 Å². The molecule has 0 spiro atoms. The van der Waals surface area contributed by atoms with Crippen LogP contribution in [0.25, 0.3) is 0 Å². The fourth-order valence-electron chi connectivity index (χ4n) is 3.85. The summed E-state index contributed by atoms with van der Waals surface area (Å²) in [5.74, 6) is -0.0298. The molecule has 27 heavy (non-hydrogen) atoms. The van der Waals surface area contributed by atoms with Crippen LogP contribution in [0.3, 0.4) is 0 Å². The summed E-state index contributed by atoms with van der Waals surface area (Å²) in [7, 11) is -0.883. The molecule has 1 aromatic heterocycles. The number of benzene rings is 2. The van der Waals surface area contributed by atoms with Gasteiger partial charge in [0.05, 0.1) is 11.9 Å². The molecule has 3 aromatic rings. The first-order valence-corrected chi connectivity index (χ1v) is 10.1. The fourth-order valence-corrected chi connectivity index (χ4v) is 4.82. The molecule has 6 nitrogen and oxygen atoms in total. The van der Waals surface area contributed by atoms with Crippen LogP contribution >= 0.6 is 0 Å². The van der Waals surface area contributed by atoms with Crippen molar-refractivity contribution in [2.45, 2.75) is 17.9 Å². The zero-order valence-corrected chi connectivity index (χ0v) is 16.0. The van der Waals surface area contributed by atoms with Crippen molar-refractivity contribution in [2.75, 3.05) is 14.1 Å². The van der Waals surface area contributed by atoms with E-state index in [1.54, 1.807) is 0 Å². The molecule has 0 fully saturated rings. The Hall–Kier alpha value is -2.48. The highest BCUT2D eigenvalue weighted by atomic mass is 32.2. The van der Waals surface area contributed by atoms with Gasteiger partial charge in [0, 0.05) is 20.0 Å². The van der Waals surface area contributed by atoms with Crippen molar-refractivity contribution in [1.82, 2.24) is 13.3 Å². The van der Waals surface area contributed by atoms with Gasteiger partial charge in [-0.15, -0.1) is 0 Å². The standard InChI is InChI=1S/C20H21N3O3S/c1-22(2)27(25,26)23-14-21-13-19(23)20(24)12-17(15-8-4-3-5-9-15)16-10-6-7-11-18(16)20/h3-11,13-14,17,24H,12H2,1-2H3. The Labute approximate surface area is 158 Å². The summed E-state index contributed by atoms with van der Waals surface area (Å²) in [6, 6.07) is 17.6. The van der Waals surface area contributed by atoms with Crippen LogP contribution < -0.4 is 0 Å². The summed E-state index contributed by atoms with van der Waals surface area (Å²) in [4.78, 5) is 4.03. The highest BCUT2D eigenvalue weighted by Crippen LogP contribution is 2.50. The zero-order chi connectivity index (χ0) is 19.2. The van der Waals surface area contributed by atoms with Gasteiger partial charge in [-0.2, -0.15) is 12.7 Å². The van der Waals surface area contributed by atoms with Gasteiger partial charge >= 0.3 is 10.2 Å². The molecular weight excluding hydrogens is 362 g/mol. The second kappa shape index (κ2) is 6.30. The van der Waals surface area contributed by atoms with Crippen molar-refractivity contribution < 1.29 is 13.5 Å². The minimum Gasteiger partial charge on any atom is -0.379 e. The predicted molar refractivity (Wildman–Crippen MR) is 103 cm³/mol. The average Bonchev–Trinajstić information content (AvgIpc) is 3.28. The van der Waals surface area contributed by atoms with Crippen LogP contribution in [0.5, 0.6) is 0 Å². The quantitative estimate of drug-likeness (QED) is 0.750. The molecule has 2 atom stereocenters. The van der Waals surface area contributed by atoms with E-state index in [4.69, 9.17) is 0 Å². The van der Waals surface area contributed by atoms with Crippen LogP contribution in [-0.4, -0.2) is 40.9 Å². The largest absolute Gasteiger partial charge is 0.379 e. The van der Waals surface area contributed by atoms with Crippen LogP contribution in [0, 0.1) is 0 Å². The number of hydrogen-bond donors (Lipinski definition) is 1. The van der Waals surface area contributed by atoms with E-state index in [-0.39, 0.29) is 11.6 Å². The van der Waals surface area contributed by atoms with E-state index in [9.17, 15) is 13.5 Å². The van der Waals surface area contributed by atoms with Gasteiger partial charge < -0.3 is 5.11 Å². The lowest BCUT2D eigenvalue weighted by atomic mass is 9.90. The average molecular weight is 383 g/mol. The molecule has 4 rings (SSSR count). The van der Waals surface area contributed by atoms with Gasteiger partial charge in [-0.25, -0.2) is 8.96 Å². The SMILES string of the molecule is CN(C)S(=O)(=O)n1cncc1C1(O)CC(c2ccccc2)c2ccccc21. The highest BCUT2D eigenvalue weighted by Gasteiger charge is 2.47. The van der Waals surface area contributed by atoms with Crippen molar-refractivity contribution in [3.8, 4) is 0 Å². The molecule has 0 radical (unpaired) electrons. The van der Waals surface area contributed by atoms with Crippen LogP contribution in [0.4, 0.5) is 0 Å². The van der Waals surface area contributed by atoms with Crippen molar-refractivity contribution in [3.05, 3.63) is 89.5 Å². The number of fused-ring (bicyclic) bond motifs is 1. The minimum atomic E-state index is -3.80. The molecule has 0 saturated heterocycles. The molecule has 7 heteroatoms. The first-order valence-electron chi connectivity index (χ1n) is 8.68. The Bertz CT molecular complexity index is 1080. The van der Waals surface area contributed by atoms with E-state index >= 15 is 0 Å². The molecule has 140 valence electrons. The third-order valence-electron chi connectivity index (χ3n) is 5.22.